The fourth-order valence-electron chi connectivity index (χ4n) is 4.53. The lowest BCUT2D eigenvalue weighted by atomic mass is 9.82. The number of rotatable bonds is 3. The van der Waals surface area contributed by atoms with Crippen molar-refractivity contribution in [2.24, 2.45) is 0 Å². The van der Waals surface area contributed by atoms with Gasteiger partial charge in [-0.3, -0.25) is 14.7 Å². The highest BCUT2D eigenvalue weighted by Crippen LogP contribution is 2.41. The SMILES string of the molecule is CC(C)Oc1ccc2c(c1)C(=O)CC1(CCN(C(=O)c3cc(Cl)c4[nH]ncc4c3)CC1)O2. The maximum Gasteiger partial charge on any atom is 0.253 e. The first-order chi connectivity index (χ1) is 15.3. The summed E-state index contributed by atoms with van der Waals surface area (Å²) in [7, 11) is 0. The zero-order chi connectivity index (χ0) is 22.5. The number of hydrogen-bond acceptors (Lipinski definition) is 5. The van der Waals surface area contributed by atoms with Gasteiger partial charge in [0.25, 0.3) is 5.91 Å². The summed E-state index contributed by atoms with van der Waals surface area (Å²) in [5.41, 5.74) is 1.24. The van der Waals surface area contributed by atoms with Crippen molar-refractivity contribution in [2.45, 2.75) is 44.8 Å². The van der Waals surface area contributed by atoms with Crippen molar-refractivity contribution in [3.8, 4) is 11.5 Å². The van der Waals surface area contributed by atoms with Crippen LogP contribution in [0.5, 0.6) is 11.5 Å². The molecule has 0 unspecified atom stereocenters. The molecule has 5 rings (SSSR count). The molecule has 2 aliphatic heterocycles. The zero-order valence-electron chi connectivity index (χ0n) is 18.0. The van der Waals surface area contributed by atoms with Gasteiger partial charge in [-0.15, -0.1) is 0 Å². The average molecular weight is 454 g/mol. The molecule has 1 saturated heterocycles. The molecule has 0 bridgehead atoms. The van der Waals surface area contributed by atoms with E-state index in [4.69, 9.17) is 21.1 Å². The lowest BCUT2D eigenvalue weighted by Gasteiger charge is -2.44. The normalized spacial score (nSPS) is 17.5. The quantitative estimate of drug-likeness (QED) is 0.624. The van der Waals surface area contributed by atoms with Gasteiger partial charge >= 0.3 is 0 Å². The number of halogens is 1. The smallest absolute Gasteiger partial charge is 0.253 e. The van der Waals surface area contributed by atoms with E-state index < -0.39 is 5.60 Å². The van der Waals surface area contributed by atoms with Crippen LogP contribution in [0.2, 0.25) is 5.02 Å². The number of benzene rings is 2. The summed E-state index contributed by atoms with van der Waals surface area (Å²) in [5, 5.41) is 8.09. The van der Waals surface area contributed by atoms with E-state index in [9.17, 15) is 9.59 Å². The molecule has 0 aliphatic carbocycles. The van der Waals surface area contributed by atoms with E-state index in [1.807, 2.05) is 26.0 Å². The van der Waals surface area contributed by atoms with E-state index in [-0.39, 0.29) is 17.8 Å². The molecule has 1 spiro atoms. The number of ether oxygens (including phenoxy) is 2. The third kappa shape index (κ3) is 3.71. The van der Waals surface area contributed by atoms with Crippen molar-refractivity contribution in [1.29, 1.82) is 0 Å². The van der Waals surface area contributed by atoms with Crippen LogP contribution < -0.4 is 9.47 Å². The number of nitrogens with one attached hydrogen (secondary N) is 1. The van der Waals surface area contributed by atoms with E-state index in [2.05, 4.69) is 10.2 Å². The number of H-pyrrole nitrogens is 1. The summed E-state index contributed by atoms with van der Waals surface area (Å²) >= 11 is 6.30. The van der Waals surface area contributed by atoms with Gasteiger partial charge in [0.1, 0.15) is 17.1 Å². The van der Waals surface area contributed by atoms with Crippen molar-refractivity contribution in [3.05, 3.63) is 52.7 Å². The Hall–Kier alpha value is -3.06. The topological polar surface area (TPSA) is 84.5 Å². The van der Waals surface area contributed by atoms with Gasteiger partial charge in [0.2, 0.25) is 0 Å². The molecule has 0 saturated carbocycles. The highest BCUT2D eigenvalue weighted by molar-refractivity contribution is 6.35. The minimum Gasteiger partial charge on any atom is -0.491 e. The summed E-state index contributed by atoms with van der Waals surface area (Å²) in [4.78, 5) is 27.8. The van der Waals surface area contributed by atoms with Crippen molar-refractivity contribution in [2.75, 3.05) is 13.1 Å². The van der Waals surface area contributed by atoms with Crippen LogP contribution >= 0.6 is 11.6 Å². The number of carbonyl (C=O) groups is 2. The van der Waals surface area contributed by atoms with E-state index in [0.717, 1.165) is 10.9 Å². The van der Waals surface area contributed by atoms with E-state index in [1.54, 1.807) is 29.3 Å². The van der Waals surface area contributed by atoms with Gasteiger partial charge in [0.15, 0.2) is 5.78 Å². The van der Waals surface area contributed by atoms with Gasteiger partial charge in [-0.2, -0.15) is 5.10 Å². The van der Waals surface area contributed by atoms with Gasteiger partial charge in [0, 0.05) is 36.9 Å². The minimum atomic E-state index is -0.576. The van der Waals surface area contributed by atoms with Gasteiger partial charge in [0.05, 0.1) is 34.8 Å². The molecule has 1 aromatic heterocycles. The second-order valence-corrected chi connectivity index (χ2v) is 9.20. The number of hydrogen-bond donors (Lipinski definition) is 1. The van der Waals surface area contributed by atoms with E-state index >= 15 is 0 Å². The molecule has 3 aromatic rings. The highest BCUT2D eigenvalue weighted by atomic mass is 35.5. The number of likely N-dealkylation sites (tertiary alicyclic amines) is 1. The van der Waals surface area contributed by atoms with Crippen LogP contribution in [0.3, 0.4) is 0 Å². The Labute approximate surface area is 190 Å². The average Bonchev–Trinajstić information content (AvgIpc) is 3.23. The molecule has 2 aromatic carbocycles. The molecular weight excluding hydrogens is 430 g/mol. The number of carbonyl (C=O) groups excluding carboxylic acids is 2. The fraction of sp³-hybridized carbons (Fsp3) is 0.375. The van der Waals surface area contributed by atoms with Crippen LogP contribution in [0.1, 0.15) is 53.8 Å². The predicted molar refractivity (Wildman–Crippen MR) is 121 cm³/mol. The van der Waals surface area contributed by atoms with Gasteiger partial charge in [-0.25, -0.2) is 0 Å². The first kappa shape index (κ1) is 20.8. The Morgan fingerprint density at radius 1 is 1.25 bits per heavy atom. The van der Waals surface area contributed by atoms with Crippen molar-refractivity contribution >= 4 is 34.2 Å². The van der Waals surface area contributed by atoms with Crippen LogP contribution in [-0.2, 0) is 0 Å². The minimum absolute atomic E-state index is 0.0324. The van der Waals surface area contributed by atoms with Gasteiger partial charge in [-0.05, 0) is 44.2 Å². The maximum atomic E-state index is 13.1. The monoisotopic (exact) mass is 453 g/mol. The molecule has 0 atom stereocenters. The maximum absolute atomic E-state index is 13.1. The summed E-state index contributed by atoms with van der Waals surface area (Å²) < 4.78 is 12.1. The Kier molecular flexibility index (Phi) is 5.08. The Bertz CT molecular complexity index is 1210. The highest BCUT2D eigenvalue weighted by Gasteiger charge is 2.44. The van der Waals surface area contributed by atoms with E-state index in [0.29, 0.717) is 60.0 Å². The van der Waals surface area contributed by atoms with Crippen molar-refractivity contribution < 1.29 is 19.1 Å². The number of amides is 1. The molecule has 1 N–H and O–H groups in total. The molecule has 2 aliphatic rings. The number of Topliss-reactive ketones (excluding diaryl/α,β-unsaturated/α-hetero) is 1. The molecule has 8 heteroatoms. The molecule has 166 valence electrons. The van der Waals surface area contributed by atoms with E-state index in [1.165, 1.54) is 0 Å². The molecule has 0 radical (unpaired) electrons. The summed E-state index contributed by atoms with van der Waals surface area (Å²) in [6, 6.07) is 8.87. The molecule has 7 nitrogen and oxygen atoms in total. The molecule has 3 heterocycles. The third-order valence-corrected chi connectivity index (χ3v) is 6.44. The van der Waals surface area contributed by atoms with Crippen LogP contribution in [-0.4, -0.2) is 51.6 Å². The predicted octanol–water partition coefficient (Wildman–Crippen LogP) is 4.64. The summed E-state index contributed by atoms with van der Waals surface area (Å²) in [6.07, 6.45) is 3.18. The Morgan fingerprint density at radius 2 is 2.03 bits per heavy atom. The summed E-state index contributed by atoms with van der Waals surface area (Å²) in [5.74, 6) is 1.23. The zero-order valence-corrected chi connectivity index (χ0v) is 18.7. The third-order valence-electron chi connectivity index (χ3n) is 6.14. The first-order valence-corrected chi connectivity index (χ1v) is 11.2. The standard InChI is InChI=1S/C24H24ClN3O4/c1-14(2)31-17-3-4-21-18(11-17)20(29)12-24(32-21)5-7-28(8-6-24)23(30)15-9-16-13-26-27-22(16)19(25)10-15/h3-4,9-11,13-14H,5-8,12H2,1-2H3,(H,26,27). The van der Waals surface area contributed by atoms with Crippen LogP contribution in [0, 0.1) is 0 Å². The lowest BCUT2D eigenvalue weighted by Crippen LogP contribution is -2.52. The molecule has 1 amide bonds. The number of aromatic nitrogens is 2. The second kappa shape index (κ2) is 7.81. The van der Waals surface area contributed by atoms with Crippen molar-refractivity contribution in [3.63, 3.8) is 0 Å². The number of ketones is 1. The van der Waals surface area contributed by atoms with Crippen LogP contribution in [0.25, 0.3) is 10.9 Å². The van der Waals surface area contributed by atoms with Gasteiger partial charge < -0.3 is 14.4 Å². The number of aromatic amines is 1. The fourth-order valence-corrected chi connectivity index (χ4v) is 4.80. The number of fused-ring (bicyclic) bond motifs is 2. The number of piperidine rings is 1. The lowest BCUT2D eigenvalue weighted by molar-refractivity contribution is -0.00580. The number of nitrogens with zero attached hydrogens (tertiary/aromatic N) is 2. The van der Waals surface area contributed by atoms with Crippen LogP contribution in [0.15, 0.2) is 36.5 Å². The Balaban J connectivity index is 1.30. The molecule has 1 fully saturated rings. The first-order valence-electron chi connectivity index (χ1n) is 10.8. The van der Waals surface area contributed by atoms with Crippen LogP contribution in [0.4, 0.5) is 0 Å². The molecular formula is C24H24ClN3O4. The second-order valence-electron chi connectivity index (χ2n) is 8.79. The Morgan fingerprint density at radius 3 is 2.78 bits per heavy atom. The summed E-state index contributed by atoms with van der Waals surface area (Å²) in [6.45, 7) is 4.92. The molecule has 32 heavy (non-hydrogen) atoms. The van der Waals surface area contributed by atoms with Crippen molar-refractivity contribution in [1.82, 2.24) is 15.1 Å². The largest absolute Gasteiger partial charge is 0.491 e. The van der Waals surface area contributed by atoms with Gasteiger partial charge in [-0.1, -0.05) is 11.6 Å².